The second-order valence-electron chi connectivity index (χ2n) is 6.05. The number of hydrogen-bond donors (Lipinski definition) is 0. The molecule has 0 unspecified atom stereocenters. The largest absolute Gasteiger partial charge is 0.356 e. The number of carbonyl (C=O) groups is 1. The third-order valence-electron chi connectivity index (χ3n) is 4.40. The Morgan fingerprint density at radius 1 is 1.04 bits per heavy atom. The fourth-order valence-electron chi connectivity index (χ4n) is 3.04. The van der Waals surface area contributed by atoms with Crippen LogP contribution >= 0.6 is 0 Å². The van der Waals surface area contributed by atoms with Crippen LogP contribution in [0.5, 0.6) is 0 Å². The van der Waals surface area contributed by atoms with Gasteiger partial charge in [-0.05, 0) is 48.9 Å². The van der Waals surface area contributed by atoms with E-state index in [9.17, 15) is 18.0 Å². The average molecular weight is 358 g/mol. The molecule has 132 valence electrons. The first-order valence-corrected chi connectivity index (χ1v) is 8.00. The van der Waals surface area contributed by atoms with Gasteiger partial charge in [0.1, 0.15) is 11.5 Å². The van der Waals surface area contributed by atoms with Gasteiger partial charge in [0.2, 0.25) is 0 Å². The van der Waals surface area contributed by atoms with E-state index in [0.29, 0.717) is 30.0 Å². The molecule has 2 aromatic carbocycles. The van der Waals surface area contributed by atoms with E-state index in [1.54, 1.807) is 12.1 Å². The smallest absolute Gasteiger partial charge is 0.254 e. The zero-order chi connectivity index (χ0) is 18.3. The molecule has 0 radical (unpaired) electrons. The zero-order valence-electron chi connectivity index (χ0n) is 13.5. The Morgan fingerprint density at radius 2 is 1.81 bits per heavy atom. The number of aromatic nitrogens is 1. The van der Waals surface area contributed by atoms with Crippen LogP contribution in [0.4, 0.5) is 13.2 Å². The highest BCUT2D eigenvalue weighted by atomic mass is 19.2. The summed E-state index contributed by atoms with van der Waals surface area (Å²) in [5.74, 6) is -2.25. The van der Waals surface area contributed by atoms with Crippen LogP contribution in [0.2, 0.25) is 0 Å². The van der Waals surface area contributed by atoms with Crippen molar-refractivity contribution >= 4 is 5.91 Å². The fraction of sp³-hybridized carbons (Fsp3) is 0.158. The zero-order valence-corrected chi connectivity index (χ0v) is 13.5. The van der Waals surface area contributed by atoms with Gasteiger partial charge in [-0.25, -0.2) is 13.2 Å². The molecular weight excluding hydrogens is 345 g/mol. The van der Waals surface area contributed by atoms with Crippen molar-refractivity contribution in [2.75, 3.05) is 6.54 Å². The van der Waals surface area contributed by atoms with Crippen LogP contribution in [0.3, 0.4) is 0 Å². The lowest BCUT2D eigenvalue weighted by atomic mass is 10.00. The van der Waals surface area contributed by atoms with E-state index in [1.165, 1.54) is 23.1 Å². The quantitative estimate of drug-likeness (QED) is 0.697. The maximum Gasteiger partial charge on any atom is 0.254 e. The Balaban J connectivity index is 1.58. The van der Waals surface area contributed by atoms with E-state index >= 15 is 0 Å². The topological polar surface area (TPSA) is 46.3 Å². The number of halogens is 3. The Kier molecular flexibility index (Phi) is 3.99. The summed E-state index contributed by atoms with van der Waals surface area (Å²) in [7, 11) is 0. The minimum absolute atomic E-state index is 0.0783. The van der Waals surface area contributed by atoms with Crippen LogP contribution < -0.4 is 0 Å². The lowest BCUT2D eigenvalue weighted by Gasteiger charge is -2.26. The number of hydrogen-bond acceptors (Lipinski definition) is 3. The van der Waals surface area contributed by atoms with Gasteiger partial charge in [0.15, 0.2) is 17.4 Å². The molecule has 1 aliphatic heterocycles. The lowest BCUT2D eigenvalue weighted by Crippen LogP contribution is -2.36. The van der Waals surface area contributed by atoms with E-state index < -0.39 is 17.5 Å². The third kappa shape index (κ3) is 2.85. The molecule has 0 saturated heterocycles. The number of nitrogens with zero attached hydrogens (tertiary/aromatic N) is 2. The Hall–Kier alpha value is -3.09. The Morgan fingerprint density at radius 3 is 2.54 bits per heavy atom. The molecule has 7 heteroatoms. The second kappa shape index (κ2) is 6.33. The molecule has 0 atom stereocenters. The predicted molar refractivity (Wildman–Crippen MR) is 86.7 cm³/mol. The summed E-state index contributed by atoms with van der Waals surface area (Å²) >= 11 is 0. The second-order valence-corrected chi connectivity index (χ2v) is 6.05. The molecule has 0 bridgehead atoms. The van der Waals surface area contributed by atoms with Gasteiger partial charge < -0.3 is 9.42 Å². The van der Waals surface area contributed by atoms with Gasteiger partial charge in [0, 0.05) is 23.2 Å². The van der Waals surface area contributed by atoms with E-state index in [4.69, 9.17) is 4.52 Å². The van der Waals surface area contributed by atoms with E-state index in [2.05, 4.69) is 5.16 Å². The first kappa shape index (κ1) is 16.4. The van der Waals surface area contributed by atoms with Crippen LogP contribution in [-0.2, 0) is 13.0 Å². The first-order chi connectivity index (χ1) is 12.5. The molecule has 0 N–H and O–H groups in total. The van der Waals surface area contributed by atoms with Crippen molar-refractivity contribution in [1.82, 2.24) is 10.1 Å². The Labute approximate surface area is 146 Å². The van der Waals surface area contributed by atoms with Gasteiger partial charge in [0.25, 0.3) is 5.91 Å². The summed E-state index contributed by atoms with van der Waals surface area (Å²) in [6.07, 6.45) is 0.501. The molecule has 0 aliphatic carbocycles. The molecule has 1 aromatic heterocycles. The summed E-state index contributed by atoms with van der Waals surface area (Å²) in [6.45, 7) is 0.595. The molecule has 0 saturated carbocycles. The number of rotatable bonds is 2. The van der Waals surface area contributed by atoms with Gasteiger partial charge in [-0.15, -0.1) is 0 Å². The minimum atomic E-state index is -1.06. The van der Waals surface area contributed by atoms with E-state index in [0.717, 1.165) is 17.7 Å². The number of amides is 1. The third-order valence-corrected chi connectivity index (χ3v) is 4.40. The van der Waals surface area contributed by atoms with Gasteiger partial charge >= 0.3 is 0 Å². The van der Waals surface area contributed by atoms with Crippen LogP contribution in [0.15, 0.2) is 47.0 Å². The van der Waals surface area contributed by atoms with Crippen molar-refractivity contribution in [1.29, 1.82) is 0 Å². The van der Waals surface area contributed by atoms with Crippen molar-refractivity contribution < 1.29 is 22.5 Å². The average Bonchev–Trinajstić information content (AvgIpc) is 3.07. The summed E-state index contributed by atoms with van der Waals surface area (Å²) < 4.78 is 44.9. The van der Waals surface area contributed by atoms with Crippen molar-refractivity contribution in [2.24, 2.45) is 0 Å². The van der Waals surface area contributed by atoms with E-state index in [1.807, 2.05) is 0 Å². The fourth-order valence-corrected chi connectivity index (χ4v) is 3.04. The van der Waals surface area contributed by atoms with E-state index in [-0.39, 0.29) is 17.9 Å². The van der Waals surface area contributed by atoms with Gasteiger partial charge in [0.05, 0.1) is 6.54 Å². The van der Waals surface area contributed by atoms with Crippen LogP contribution in [0, 0.1) is 17.5 Å². The molecule has 4 rings (SSSR count). The van der Waals surface area contributed by atoms with Crippen LogP contribution in [-0.4, -0.2) is 22.5 Å². The molecule has 3 aromatic rings. The maximum absolute atomic E-state index is 13.4. The number of benzene rings is 2. The molecular formula is C19H13F3N2O2. The van der Waals surface area contributed by atoms with Crippen molar-refractivity contribution in [3.63, 3.8) is 0 Å². The molecule has 1 aliphatic rings. The highest BCUT2D eigenvalue weighted by Gasteiger charge is 2.28. The highest BCUT2D eigenvalue weighted by Crippen LogP contribution is 2.31. The minimum Gasteiger partial charge on any atom is -0.356 e. The van der Waals surface area contributed by atoms with Gasteiger partial charge in [-0.2, -0.15) is 0 Å². The molecule has 2 heterocycles. The van der Waals surface area contributed by atoms with Crippen molar-refractivity contribution in [3.8, 4) is 11.3 Å². The number of fused-ring (bicyclic) bond motifs is 1. The standard InChI is InChI=1S/C19H13F3N2O2/c20-13-4-1-11(2-5-13)18-14-7-8-24(10-17(14)23-26-18)19(25)12-3-6-15(21)16(22)9-12/h1-6,9H,7-8,10H2. The summed E-state index contributed by atoms with van der Waals surface area (Å²) in [4.78, 5) is 14.0. The summed E-state index contributed by atoms with van der Waals surface area (Å²) in [6, 6.07) is 8.96. The highest BCUT2D eigenvalue weighted by molar-refractivity contribution is 5.94. The van der Waals surface area contributed by atoms with Gasteiger partial charge in [-0.1, -0.05) is 5.16 Å². The van der Waals surface area contributed by atoms with Crippen LogP contribution in [0.25, 0.3) is 11.3 Å². The summed E-state index contributed by atoms with van der Waals surface area (Å²) in [5, 5.41) is 4.02. The molecule has 0 fully saturated rings. The normalized spacial score (nSPS) is 13.6. The Bertz CT molecular complexity index is 983. The first-order valence-electron chi connectivity index (χ1n) is 8.00. The molecule has 4 nitrogen and oxygen atoms in total. The predicted octanol–water partition coefficient (Wildman–Crippen LogP) is 3.96. The van der Waals surface area contributed by atoms with Gasteiger partial charge in [-0.3, -0.25) is 4.79 Å². The van der Waals surface area contributed by atoms with Crippen molar-refractivity contribution in [3.05, 3.63) is 76.7 Å². The lowest BCUT2D eigenvalue weighted by molar-refractivity contribution is 0.0731. The number of carbonyl (C=O) groups excluding carboxylic acids is 1. The SMILES string of the molecule is O=C(c1ccc(F)c(F)c1)N1CCc2c(noc2-c2ccc(F)cc2)C1. The monoisotopic (exact) mass is 358 g/mol. The van der Waals surface area contributed by atoms with Crippen molar-refractivity contribution in [2.45, 2.75) is 13.0 Å². The maximum atomic E-state index is 13.4. The molecule has 1 amide bonds. The molecule has 0 spiro atoms. The molecule has 26 heavy (non-hydrogen) atoms. The summed E-state index contributed by atoms with van der Waals surface area (Å²) in [5.41, 5.74) is 2.26. The van der Waals surface area contributed by atoms with Crippen LogP contribution in [0.1, 0.15) is 21.6 Å².